The average molecular weight is 226 g/mol. The number of hydrogen-bond donors (Lipinski definition) is 3. The number of rotatable bonds is 7. The highest BCUT2D eigenvalue weighted by atomic mass is 16.4. The number of amides is 1. The zero-order valence-corrected chi connectivity index (χ0v) is 9.45. The van der Waals surface area contributed by atoms with E-state index in [-0.39, 0.29) is 5.91 Å². The van der Waals surface area contributed by atoms with Crippen molar-refractivity contribution >= 4 is 11.9 Å². The molecule has 1 saturated carbocycles. The molecule has 0 unspecified atom stereocenters. The van der Waals surface area contributed by atoms with Gasteiger partial charge >= 0.3 is 5.97 Å². The lowest BCUT2D eigenvalue weighted by Crippen LogP contribution is -2.29. The van der Waals surface area contributed by atoms with E-state index >= 15 is 0 Å². The molecule has 90 valence electrons. The van der Waals surface area contributed by atoms with Gasteiger partial charge in [-0.1, -0.05) is 5.57 Å². The smallest absolute Gasteiger partial charge is 0.328 e. The number of carbonyl (C=O) groups excluding carboxylic acids is 1. The molecule has 0 spiro atoms. The third kappa shape index (κ3) is 6.19. The largest absolute Gasteiger partial charge is 0.478 e. The van der Waals surface area contributed by atoms with Gasteiger partial charge < -0.3 is 15.7 Å². The second-order valence-corrected chi connectivity index (χ2v) is 4.10. The average Bonchev–Trinajstić information content (AvgIpc) is 2.95. The molecule has 1 aliphatic carbocycles. The molecule has 1 fully saturated rings. The summed E-state index contributed by atoms with van der Waals surface area (Å²) in [5.74, 6) is -0.874. The van der Waals surface area contributed by atoms with Crippen LogP contribution in [0, 0.1) is 0 Å². The van der Waals surface area contributed by atoms with E-state index in [0.717, 1.165) is 24.5 Å². The van der Waals surface area contributed by atoms with Crippen LogP contribution in [0.1, 0.15) is 26.2 Å². The maximum absolute atomic E-state index is 11.3. The van der Waals surface area contributed by atoms with E-state index in [1.807, 2.05) is 0 Å². The third-order valence-corrected chi connectivity index (χ3v) is 2.25. The molecule has 5 nitrogen and oxygen atoms in total. The van der Waals surface area contributed by atoms with Gasteiger partial charge in [0.25, 0.3) is 0 Å². The van der Waals surface area contributed by atoms with Crippen molar-refractivity contribution in [3.05, 3.63) is 11.6 Å². The molecule has 1 rings (SSSR count). The standard InChI is InChI=1S/C11H18N2O3/c1-8(6-11(15)16)7-12-5-4-10(14)13-9-2-3-9/h6,9,12H,2-5,7H2,1H3,(H,13,14)(H,15,16). The fourth-order valence-corrected chi connectivity index (χ4v) is 1.28. The van der Waals surface area contributed by atoms with Gasteiger partial charge in [0, 0.05) is 31.6 Å². The zero-order valence-electron chi connectivity index (χ0n) is 9.45. The normalized spacial score (nSPS) is 15.9. The summed E-state index contributed by atoms with van der Waals surface area (Å²) in [5.41, 5.74) is 0.745. The third-order valence-electron chi connectivity index (χ3n) is 2.25. The summed E-state index contributed by atoms with van der Waals surface area (Å²) < 4.78 is 0. The molecule has 0 radical (unpaired) electrons. The Morgan fingerprint density at radius 2 is 2.12 bits per heavy atom. The number of carbonyl (C=O) groups is 2. The van der Waals surface area contributed by atoms with Crippen LogP contribution < -0.4 is 10.6 Å². The quantitative estimate of drug-likeness (QED) is 0.430. The first-order valence-electron chi connectivity index (χ1n) is 5.48. The fraction of sp³-hybridized carbons (Fsp3) is 0.636. The summed E-state index contributed by atoms with van der Waals surface area (Å²) in [5, 5.41) is 14.4. The van der Waals surface area contributed by atoms with Crippen molar-refractivity contribution in [2.24, 2.45) is 0 Å². The van der Waals surface area contributed by atoms with Crippen LogP contribution in [0.25, 0.3) is 0 Å². The summed E-state index contributed by atoms with van der Waals surface area (Å²) in [7, 11) is 0. The Kier molecular flexibility index (Phi) is 4.98. The Morgan fingerprint density at radius 3 is 2.69 bits per heavy atom. The Labute approximate surface area is 94.9 Å². The molecule has 0 aromatic rings. The Morgan fingerprint density at radius 1 is 1.44 bits per heavy atom. The topological polar surface area (TPSA) is 78.4 Å². The molecule has 0 bridgehead atoms. The van der Waals surface area contributed by atoms with E-state index in [1.54, 1.807) is 6.92 Å². The van der Waals surface area contributed by atoms with Gasteiger partial charge in [-0.15, -0.1) is 0 Å². The molecule has 16 heavy (non-hydrogen) atoms. The van der Waals surface area contributed by atoms with Crippen LogP contribution in [0.5, 0.6) is 0 Å². The van der Waals surface area contributed by atoms with Crippen molar-refractivity contribution in [3.8, 4) is 0 Å². The van der Waals surface area contributed by atoms with Gasteiger partial charge in [0.15, 0.2) is 0 Å². The molecule has 0 aromatic heterocycles. The van der Waals surface area contributed by atoms with Crippen molar-refractivity contribution in [2.75, 3.05) is 13.1 Å². The maximum Gasteiger partial charge on any atom is 0.328 e. The minimum Gasteiger partial charge on any atom is -0.478 e. The summed E-state index contributed by atoms with van der Waals surface area (Å²) in [6, 6.07) is 0.404. The highest BCUT2D eigenvalue weighted by Gasteiger charge is 2.22. The second kappa shape index (κ2) is 6.27. The van der Waals surface area contributed by atoms with E-state index in [1.165, 1.54) is 0 Å². The molecule has 0 atom stereocenters. The van der Waals surface area contributed by atoms with Gasteiger partial charge in [0.1, 0.15) is 0 Å². The number of aliphatic carboxylic acids is 1. The molecular formula is C11H18N2O3. The monoisotopic (exact) mass is 226 g/mol. The first kappa shape index (κ1) is 12.7. The lowest BCUT2D eigenvalue weighted by Gasteiger charge is -2.05. The zero-order chi connectivity index (χ0) is 12.0. The molecule has 3 N–H and O–H groups in total. The number of nitrogens with one attached hydrogen (secondary N) is 2. The SMILES string of the molecule is CC(=CC(=O)O)CNCCC(=O)NC1CC1. The fourth-order valence-electron chi connectivity index (χ4n) is 1.28. The maximum atomic E-state index is 11.3. The Hall–Kier alpha value is -1.36. The van der Waals surface area contributed by atoms with Crippen molar-refractivity contribution in [1.29, 1.82) is 0 Å². The van der Waals surface area contributed by atoms with Crippen LogP contribution >= 0.6 is 0 Å². The molecule has 1 aliphatic rings. The Bertz CT molecular complexity index is 296. The summed E-state index contributed by atoms with van der Waals surface area (Å²) >= 11 is 0. The van der Waals surface area contributed by atoms with Crippen molar-refractivity contribution in [1.82, 2.24) is 10.6 Å². The van der Waals surface area contributed by atoms with E-state index in [2.05, 4.69) is 10.6 Å². The summed E-state index contributed by atoms with van der Waals surface area (Å²) in [6.07, 6.45) is 3.80. The highest BCUT2D eigenvalue weighted by Crippen LogP contribution is 2.18. The van der Waals surface area contributed by atoms with E-state index in [9.17, 15) is 9.59 Å². The molecule has 0 saturated heterocycles. The van der Waals surface area contributed by atoms with Crippen LogP contribution in [-0.4, -0.2) is 36.1 Å². The molecule has 0 aliphatic heterocycles. The lowest BCUT2D eigenvalue weighted by atomic mass is 10.2. The van der Waals surface area contributed by atoms with Gasteiger partial charge in [0.05, 0.1) is 0 Å². The van der Waals surface area contributed by atoms with E-state index < -0.39 is 5.97 Å². The predicted molar refractivity (Wildman–Crippen MR) is 60.0 cm³/mol. The first-order valence-corrected chi connectivity index (χ1v) is 5.48. The van der Waals surface area contributed by atoms with Gasteiger partial charge in [-0.05, 0) is 19.8 Å². The summed E-state index contributed by atoms with van der Waals surface area (Å²) in [6.45, 7) is 2.82. The molecule has 1 amide bonds. The van der Waals surface area contributed by atoms with Crippen molar-refractivity contribution < 1.29 is 14.7 Å². The van der Waals surface area contributed by atoms with Crippen LogP contribution in [0.15, 0.2) is 11.6 Å². The van der Waals surface area contributed by atoms with E-state index in [4.69, 9.17) is 5.11 Å². The lowest BCUT2D eigenvalue weighted by molar-refractivity contribution is -0.131. The summed E-state index contributed by atoms with van der Waals surface area (Å²) in [4.78, 5) is 21.6. The Balaban J connectivity index is 2.02. The van der Waals surface area contributed by atoms with E-state index in [0.29, 0.717) is 25.6 Å². The first-order chi connectivity index (χ1) is 7.58. The van der Waals surface area contributed by atoms with Crippen LogP contribution in [0.2, 0.25) is 0 Å². The number of carboxylic acid groups (broad SMARTS) is 1. The van der Waals surface area contributed by atoms with Gasteiger partial charge in [-0.3, -0.25) is 4.79 Å². The molecule has 0 aromatic carbocycles. The van der Waals surface area contributed by atoms with Crippen LogP contribution in [0.3, 0.4) is 0 Å². The van der Waals surface area contributed by atoms with Gasteiger partial charge in [-0.2, -0.15) is 0 Å². The molecular weight excluding hydrogens is 208 g/mol. The molecule has 0 heterocycles. The number of carboxylic acids is 1. The van der Waals surface area contributed by atoms with Gasteiger partial charge in [0.2, 0.25) is 5.91 Å². The van der Waals surface area contributed by atoms with Crippen LogP contribution in [0.4, 0.5) is 0 Å². The van der Waals surface area contributed by atoms with Crippen LogP contribution in [-0.2, 0) is 9.59 Å². The number of hydrogen-bond acceptors (Lipinski definition) is 3. The predicted octanol–water partition coefficient (Wildman–Crippen LogP) is 0.276. The molecule has 5 heteroatoms. The minimum absolute atomic E-state index is 0.0647. The van der Waals surface area contributed by atoms with Crippen molar-refractivity contribution in [3.63, 3.8) is 0 Å². The highest BCUT2D eigenvalue weighted by molar-refractivity contribution is 5.80. The second-order valence-electron chi connectivity index (χ2n) is 4.10. The van der Waals surface area contributed by atoms with Gasteiger partial charge in [-0.25, -0.2) is 4.79 Å². The van der Waals surface area contributed by atoms with Crippen molar-refractivity contribution in [2.45, 2.75) is 32.2 Å². The minimum atomic E-state index is -0.939.